The van der Waals surface area contributed by atoms with Crippen molar-refractivity contribution in [3.05, 3.63) is 28.2 Å². The van der Waals surface area contributed by atoms with Crippen LogP contribution in [0.1, 0.15) is 19.4 Å². The van der Waals surface area contributed by atoms with Gasteiger partial charge in [-0.15, -0.1) is 0 Å². The van der Waals surface area contributed by atoms with Crippen molar-refractivity contribution in [3.8, 4) is 5.75 Å². The second-order valence-corrected chi connectivity index (χ2v) is 5.41. The van der Waals surface area contributed by atoms with E-state index in [1.807, 2.05) is 6.07 Å². The van der Waals surface area contributed by atoms with Crippen molar-refractivity contribution < 1.29 is 4.74 Å². The molecule has 0 atom stereocenters. The van der Waals surface area contributed by atoms with E-state index < -0.39 is 0 Å². The van der Waals surface area contributed by atoms with Crippen molar-refractivity contribution in [2.75, 3.05) is 39.3 Å². The normalized spacial score (nSPS) is 11.0. The number of nitrogens with zero attached hydrogens (tertiary/aromatic N) is 1. The number of likely N-dealkylation sites (N-methyl/N-ethyl adjacent to an activating group) is 1. The van der Waals surface area contributed by atoms with E-state index in [4.69, 9.17) is 4.74 Å². The van der Waals surface area contributed by atoms with Crippen LogP contribution in [0.15, 0.2) is 22.7 Å². The van der Waals surface area contributed by atoms with Crippen LogP contribution in [0.3, 0.4) is 0 Å². The largest absolute Gasteiger partial charge is 0.491 e. The SMILES string of the molecule is CCN(CC)CCNCCOc1ccc(C)cc1Br. The second-order valence-electron chi connectivity index (χ2n) is 4.56. The Balaban J connectivity index is 2.14. The van der Waals surface area contributed by atoms with E-state index in [-0.39, 0.29) is 0 Å². The smallest absolute Gasteiger partial charge is 0.133 e. The molecule has 0 aliphatic heterocycles. The van der Waals surface area contributed by atoms with Gasteiger partial charge in [0.15, 0.2) is 0 Å². The molecule has 19 heavy (non-hydrogen) atoms. The minimum atomic E-state index is 0.694. The summed E-state index contributed by atoms with van der Waals surface area (Å²) in [7, 11) is 0. The van der Waals surface area contributed by atoms with Crippen LogP contribution in [0.25, 0.3) is 0 Å². The van der Waals surface area contributed by atoms with Crippen LogP contribution < -0.4 is 10.1 Å². The third-order valence-corrected chi connectivity index (χ3v) is 3.74. The fourth-order valence-corrected chi connectivity index (χ4v) is 2.47. The molecule has 0 bridgehead atoms. The molecule has 0 aliphatic rings. The highest BCUT2D eigenvalue weighted by atomic mass is 79.9. The summed E-state index contributed by atoms with van der Waals surface area (Å²) < 4.78 is 6.75. The minimum absolute atomic E-state index is 0.694. The predicted octanol–water partition coefficient (Wildman–Crippen LogP) is 3.07. The molecule has 0 spiro atoms. The molecular weight excluding hydrogens is 304 g/mol. The molecule has 0 fully saturated rings. The summed E-state index contributed by atoms with van der Waals surface area (Å²) in [4.78, 5) is 2.41. The molecule has 1 rings (SSSR count). The molecule has 0 heterocycles. The van der Waals surface area contributed by atoms with Gasteiger partial charge >= 0.3 is 0 Å². The van der Waals surface area contributed by atoms with Crippen molar-refractivity contribution >= 4 is 15.9 Å². The monoisotopic (exact) mass is 328 g/mol. The number of hydrogen-bond donors (Lipinski definition) is 1. The van der Waals surface area contributed by atoms with Crippen LogP contribution in [0.5, 0.6) is 5.75 Å². The van der Waals surface area contributed by atoms with E-state index >= 15 is 0 Å². The maximum atomic E-state index is 5.73. The minimum Gasteiger partial charge on any atom is -0.491 e. The Morgan fingerprint density at radius 1 is 1.21 bits per heavy atom. The number of benzene rings is 1. The number of aryl methyl sites for hydroxylation is 1. The van der Waals surface area contributed by atoms with Crippen molar-refractivity contribution in [2.45, 2.75) is 20.8 Å². The van der Waals surface area contributed by atoms with Gasteiger partial charge in [0.2, 0.25) is 0 Å². The molecule has 0 saturated heterocycles. The van der Waals surface area contributed by atoms with Gasteiger partial charge in [0.1, 0.15) is 12.4 Å². The Morgan fingerprint density at radius 2 is 1.95 bits per heavy atom. The fraction of sp³-hybridized carbons (Fsp3) is 0.600. The summed E-state index contributed by atoms with van der Waals surface area (Å²) in [6.07, 6.45) is 0. The van der Waals surface area contributed by atoms with Gasteiger partial charge in [-0.25, -0.2) is 0 Å². The van der Waals surface area contributed by atoms with Gasteiger partial charge in [-0.2, -0.15) is 0 Å². The summed E-state index contributed by atoms with van der Waals surface area (Å²) >= 11 is 3.52. The molecule has 0 aromatic heterocycles. The highest BCUT2D eigenvalue weighted by Gasteiger charge is 2.01. The van der Waals surface area contributed by atoms with E-state index in [0.717, 1.165) is 42.9 Å². The average Bonchev–Trinajstić information content (AvgIpc) is 2.40. The first-order chi connectivity index (χ1) is 9.17. The van der Waals surface area contributed by atoms with E-state index in [9.17, 15) is 0 Å². The van der Waals surface area contributed by atoms with Crippen molar-refractivity contribution in [1.82, 2.24) is 10.2 Å². The van der Waals surface area contributed by atoms with E-state index in [2.05, 4.69) is 59.1 Å². The topological polar surface area (TPSA) is 24.5 Å². The molecule has 0 amide bonds. The zero-order chi connectivity index (χ0) is 14.1. The lowest BCUT2D eigenvalue weighted by Gasteiger charge is -2.18. The van der Waals surface area contributed by atoms with Crippen LogP contribution in [-0.2, 0) is 0 Å². The Bertz CT molecular complexity index is 367. The number of hydrogen-bond acceptors (Lipinski definition) is 3. The van der Waals surface area contributed by atoms with Gasteiger partial charge in [-0.05, 0) is 53.6 Å². The summed E-state index contributed by atoms with van der Waals surface area (Å²) in [5.74, 6) is 0.913. The maximum Gasteiger partial charge on any atom is 0.133 e. The third kappa shape index (κ3) is 6.41. The number of rotatable bonds is 9. The molecule has 1 N–H and O–H groups in total. The van der Waals surface area contributed by atoms with E-state index in [1.54, 1.807) is 0 Å². The Morgan fingerprint density at radius 3 is 2.58 bits per heavy atom. The average molecular weight is 329 g/mol. The zero-order valence-electron chi connectivity index (χ0n) is 12.2. The van der Waals surface area contributed by atoms with Crippen molar-refractivity contribution in [2.24, 2.45) is 0 Å². The van der Waals surface area contributed by atoms with Gasteiger partial charge in [0.25, 0.3) is 0 Å². The lowest BCUT2D eigenvalue weighted by Crippen LogP contribution is -2.33. The molecule has 0 unspecified atom stereocenters. The zero-order valence-corrected chi connectivity index (χ0v) is 13.8. The Labute approximate surface area is 125 Å². The maximum absolute atomic E-state index is 5.73. The number of nitrogens with one attached hydrogen (secondary N) is 1. The quantitative estimate of drug-likeness (QED) is 0.705. The predicted molar refractivity (Wildman–Crippen MR) is 85.0 cm³/mol. The van der Waals surface area contributed by atoms with Gasteiger partial charge in [0.05, 0.1) is 4.47 Å². The summed E-state index contributed by atoms with van der Waals surface area (Å²) in [6.45, 7) is 12.4. The van der Waals surface area contributed by atoms with Gasteiger partial charge in [0, 0.05) is 19.6 Å². The van der Waals surface area contributed by atoms with Crippen LogP contribution in [0, 0.1) is 6.92 Å². The van der Waals surface area contributed by atoms with Gasteiger partial charge in [-0.1, -0.05) is 19.9 Å². The molecule has 0 aliphatic carbocycles. The second kappa shape index (κ2) is 9.34. The summed E-state index contributed by atoms with van der Waals surface area (Å²) in [6, 6.07) is 6.15. The molecular formula is C15H25BrN2O. The summed E-state index contributed by atoms with van der Waals surface area (Å²) in [5.41, 5.74) is 1.23. The van der Waals surface area contributed by atoms with E-state index in [0.29, 0.717) is 6.61 Å². The number of halogens is 1. The molecule has 108 valence electrons. The van der Waals surface area contributed by atoms with Crippen LogP contribution in [0.4, 0.5) is 0 Å². The first-order valence-electron chi connectivity index (χ1n) is 6.99. The van der Waals surface area contributed by atoms with Gasteiger partial charge in [-0.3, -0.25) is 0 Å². The van der Waals surface area contributed by atoms with E-state index in [1.165, 1.54) is 5.56 Å². The van der Waals surface area contributed by atoms with Crippen LogP contribution >= 0.6 is 15.9 Å². The van der Waals surface area contributed by atoms with Crippen LogP contribution in [-0.4, -0.2) is 44.2 Å². The Kier molecular flexibility index (Phi) is 8.10. The first kappa shape index (κ1) is 16.5. The molecule has 0 radical (unpaired) electrons. The lowest BCUT2D eigenvalue weighted by atomic mass is 10.2. The highest BCUT2D eigenvalue weighted by Crippen LogP contribution is 2.25. The highest BCUT2D eigenvalue weighted by molar-refractivity contribution is 9.10. The molecule has 3 nitrogen and oxygen atoms in total. The standard InChI is InChI=1S/C15H25BrN2O/c1-4-18(5-2)10-8-17-9-11-19-15-7-6-13(3)12-14(15)16/h6-7,12,17H,4-5,8-11H2,1-3H3. The van der Waals surface area contributed by atoms with Gasteiger partial charge < -0.3 is 15.0 Å². The molecule has 4 heteroatoms. The molecule has 0 saturated carbocycles. The first-order valence-corrected chi connectivity index (χ1v) is 7.78. The Hall–Kier alpha value is -0.580. The summed E-state index contributed by atoms with van der Waals surface area (Å²) in [5, 5.41) is 3.40. The fourth-order valence-electron chi connectivity index (χ4n) is 1.86. The lowest BCUT2D eigenvalue weighted by molar-refractivity contribution is 0.285. The van der Waals surface area contributed by atoms with Crippen molar-refractivity contribution in [1.29, 1.82) is 0 Å². The third-order valence-electron chi connectivity index (χ3n) is 3.12. The number of ether oxygens (including phenoxy) is 1. The molecule has 1 aromatic rings. The van der Waals surface area contributed by atoms with Crippen LogP contribution in [0.2, 0.25) is 0 Å². The van der Waals surface area contributed by atoms with Crippen molar-refractivity contribution in [3.63, 3.8) is 0 Å². The molecule has 1 aromatic carbocycles.